The van der Waals surface area contributed by atoms with Gasteiger partial charge in [-0.3, -0.25) is 9.59 Å². The lowest BCUT2D eigenvalue weighted by Crippen LogP contribution is -2.49. The van der Waals surface area contributed by atoms with E-state index in [1.165, 1.54) is 36.0 Å². The maximum absolute atomic E-state index is 12.7. The third-order valence-electron chi connectivity index (χ3n) is 2.28. The Balaban J connectivity index is 1.96. The number of halogens is 1. The highest BCUT2D eigenvalue weighted by molar-refractivity contribution is 8.00. The molecule has 17 heavy (non-hydrogen) atoms. The van der Waals surface area contributed by atoms with Crippen molar-refractivity contribution in [1.29, 1.82) is 0 Å². The number of nitrogens with one attached hydrogen (secondary N) is 2. The van der Waals surface area contributed by atoms with E-state index in [4.69, 9.17) is 0 Å². The minimum Gasteiger partial charge on any atom is -0.343 e. The van der Waals surface area contributed by atoms with Crippen molar-refractivity contribution in [2.45, 2.75) is 6.04 Å². The first-order chi connectivity index (χ1) is 8.15. The molecule has 0 saturated carbocycles. The van der Waals surface area contributed by atoms with Gasteiger partial charge >= 0.3 is 0 Å². The molecule has 1 aliphatic rings. The second-order valence-corrected chi connectivity index (χ2v) is 4.66. The van der Waals surface area contributed by atoms with Crippen LogP contribution in [0.4, 0.5) is 10.1 Å². The highest BCUT2D eigenvalue weighted by Crippen LogP contribution is 2.12. The average Bonchev–Trinajstić information content (AvgIpc) is 2.32. The van der Waals surface area contributed by atoms with E-state index in [1.807, 2.05) is 0 Å². The Labute approximate surface area is 102 Å². The predicted molar refractivity (Wildman–Crippen MR) is 64.3 cm³/mol. The van der Waals surface area contributed by atoms with Crippen LogP contribution in [-0.2, 0) is 9.59 Å². The fourth-order valence-electron chi connectivity index (χ4n) is 1.45. The van der Waals surface area contributed by atoms with Gasteiger partial charge in [-0.25, -0.2) is 4.39 Å². The summed E-state index contributed by atoms with van der Waals surface area (Å²) in [5, 5.41) is 5.23. The molecule has 1 heterocycles. The fraction of sp³-hybridized carbons (Fsp3) is 0.273. The third kappa shape index (κ3) is 3.20. The molecule has 2 amide bonds. The van der Waals surface area contributed by atoms with Gasteiger partial charge in [-0.2, -0.15) is 0 Å². The lowest BCUT2D eigenvalue weighted by molar-refractivity contribution is -0.124. The van der Waals surface area contributed by atoms with Gasteiger partial charge in [0, 0.05) is 11.4 Å². The summed E-state index contributed by atoms with van der Waals surface area (Å²) in [6.07, 6.45) is 0. The first-order valence-corrected chi connectivity index (χ1v) is 6.24. The number of rotatable bonds is 2. The molecule has 0 aromatic heterocycles. The van der Waals surface area contributed by atoms with Gasteiger partial charge in [0.25, 0.3) is 0 Å². The van der Waals surface area contributed by atoms with Gasteiger partial charge in [0.15, 0.2) is 0 Å². The Morgan fingerprint density at radius 1 is 1.41 bits per heavy atom. The van der Waals surface area contributed by atoms with Gasteiger partial charge in [-0.15, -0.1) is 11.8 Å². The molecule has 1 aliphatic heterocycles. The van der Waals surface area contributed by atoms with E-state index in [0.29, 0.717) is 17.2 Å². The molecule has 90 valence electrons. The zero-order valence-electron chi connectivity index (χ0n) is 8.90. The van der Waals surface area contributed by atoms with Crippen LogP contribution >= 0.6 is 11.8 Å². The number of anilines is 1. The fourth-order valence-corrected chi connectivity index (χ4v) is 2.31. The van der Waals surface area contributed by atoms with Crippen LogP contribution in [0.5, 0.6) is 0 Å². The molecule has 0 radical (unpaired) electrons. The summed E-state index contributed by atoms with van der Waals surface area (Å²) >= 11 is 1.42. The quantitative estimate of drug-likeness (QED) is 0.827. The van der Waals surface area contributed by atoms with Gasteiger partial charge in [-0.05, 0) is 24.3 Å². The molecular formula is C11H11FN2O2S. The number of hydrogen-bond donors (Lipinski definition) is 2. The van der Waals surface area contributed by atoms with Crippen LogP contribution in [0.15, 0.2) is 24.3 Å². The number of thioether (sulfide) groups is 1. The van der Waals surface area contributed by atoms with Crippen molar-refractivity contribution in [2.75, 3.05) is 16.8 Å². The molecule has 0 spiro atoms. The number of amides is 2. The van der Waals surface area contributed by atoms with Gasteiger partial charge in [0.1, 0.15) is 11.9 Å². The minimum atomic E-state index is -0.522. The van der Waals surface area contributed by atoms with E-state index >= 15 is 0 Å². The summed E-state index contributed by atoms with van der Waals surface area (Å²) in [6, 6.07) is 4.97. The smallest absolute Gasteiger partial charge is 0.247 e. The van der Waals surface area contributed by atoms with Gasteiger partial charge in [-0.1, -0.05) is 0 Å². The highest BCUT2D eigenvalue weighted by atomic mass is 32.2. The van der Waals surface area contributed by atoms with E-state index in [-0.39, 0.29) is 17.6 Å². The van der Waals surface area contributed by atoms with Crippen molar-refractivity contribution >= 4 is 29.3 Å². The largest absolute Gasteiger partial charge is 0.343 e. The van der Waals surface area contributed by atoms with Crippen LogP contribution in [-0.4, -0.2) is 29.4 Å². The molecule has 1 fully saturated rings. The monoisotopic (exact) mass is 254 g/mol. The van der Waals surface area contributed by atoms with Crippen molar-refractivity contribution in [3.05, 3.63) is 30.1 Å². The van der Waals surface area contributed by atoms with E-state index in [2.05, 4.69) is 10.6 Å². The maximum atomic E-state index is 12.7. The molecule has 1 aromatic carbocycles. The zero-order chi connectivity index (χ0) is 12.3. The van der Waals surface area contributed by atoms with Gasteiger partial charge in [0.05, 0.1) is 5.75 Å². The second-order valence-electron chi connectivity index (χ2n) is 3.63. The third-order valence-corrected chi connectivity index (χ3v) is 3.32. The summed E-state index contributed by atoms with van der Waals surface area (Å²) in [6.45, 7) is 0. The summed E-state index contributed by atoms with van der Waals surface area (Å²) < 4.78 is 12.7. The molecule has 2 rings (SSSR count). The zero-order valence-corrected chi connectivity index (χ0v) is 9.72. The SMILES string of the molecule is O=C1CSCC(C(=O)Nc2ccc(F)cc2)N1. The summed E-state index contributed by atoms with van der Waals surface area (Å²) in [7, 11) is 0. The first kappa shape index (κ1) is 11.9. The maximum Gasteiger partial charge on any atom is 0.247 e. The lowest BCUT2D eigenvalue weighted by Gasteiger charge is -2.21. The van der Waals surface area contributed by atoms with Gasteiger partial charge in [0.2, 0.25) is 11.8 Å². The number of hydrogen-bond acceptors (Lipinski definition) is 3. The second kappa shape index (κ2) is 5.18. The van der Waals surface area contributed by atoms with E-state index in [9.17, 15) is 14.0 Å². The van der Waals surface area contributed by atoms with Crippen LogP contribution in [0.1, 0.15) is 0 Å². The lowest BCUT2D eigenvalue weighted by atomic mass is 10.2. The van der Waals surface area contributed by atoms with E-state index in [0.717, 1.165) is 0 Å². The Morgan fingerprint density at radius 2 is 2.12 bits per heavy atom. The Bertz CT molecular complexity index is 436. The van der Waals surface area contributed by atoms with Crippen LogP contribution in [0.25, 0.3) is 0 Å². The Kier molecular flexibility index (Phi) is 3.63. The summed E-state index contributed by atoms with van der Waals surface area (Å²) in [5.74, 6) is 0.168. The molecule has 1 atom stereocenters. The first-order valence-electron chi connectivity index (χ1n) is 5.09. The molecule has 0 bridgehead atoms. The topological polar surface area (TPSA) is 58.2 Å². The molecule has 2 N–H and O–H groups in total. The van der Waals surface area contributed by atoms with Gasteiger partial charge < -0.3 is 10.6 Å². The van der Waals surface area contributed by atoms with Crippen LogP contribution in [0.2, 0.25) is 0 Å². The van der Waals surface area contributed by atoms with Crippen molar-refractivity contribution in [3.8, 4) is 0 Å². The van der Waals surface area contributed by atoms with Crippen molar-refractivity contribution in [1.82, 2.24) is 5.32 Å². The predicted octanol–water partition coefficient (Wildman–Crippen LogP) is 0.996. The van der Waals surface area contributed by atoms with Crippen LogP contribution in [0, 0.1) is 5.82 Å². The summed E-state index contributed by atoms with van der Waals surface area (Å²) in [4.78, 5) is 22.9. The molecule has 1 unspecified atom stereocenters. The molecule has 6 heteroatoms. The van der Waals surface area contributed by atoms with Crippen molar-refractivity contribution < 1.29 is 14.0 Å². The molecule has 0 aliphatic carbocycles. The molecule has 4 nitrogen and oxygen atoms in total. The van der Waals surface area contributed by atoms with E-state index < -0.39 is 6.04 Å². The molecular weight excluding hydrogens is 243 g/mol. The van der Waals surface area contributed by atoms with Crippen molar-refractivity contribution in [2.24, 2.45) is 0 Å². The normalized spacial score (nSPS) is 19.6. The Hall–Kier alpha value is -1.56. The summed E-state index contributed by atoms with van der Waals surface area (Å²) in [5.41, 5.74) is 0.515. The molecule has 1 aromatic rings. The van der Waals surface area contributed by atoms with Crippen molar-refractivity contribution in [3.63, 3.8) is 0 Å². The highest BCUT2D eigenvalue weighted by Gasteiger charge is 2.24. The standard InChI is InChI=1S/C11H11FN2O2S/c12-7-1-3-8(4-2-7)13-11(16)9-5-17-6-10(15)14-9/h1-4,9H,5-6H2,(H,13,16)(H,14,15). The van der Waals surface area contributed by atoms with Crippen LogP contribution in [0.3, 0.4) is 0 Å². The van der Waals surface area contributed by atoms with E-state index in [1.54, 1.807) is 0 Å². The van der Waals surface area contributed by atoms with Crippen LogP contribution < -0.4 is 10.6 Å². The average molecular weight is 254 g/mol. The molecule has 1 saturated heterocycles. The number of benzene rings is 1. The number of carbonyl (C=O) groups is 2. The Morgan fingerprint density at radius 3 is 2.76 bits per heavy atom. The minimum absolute atomic E-state index is 0.138. The number of carbonyl (C=O) groups excluding carboxylic acids is 2.